The highest BCUT2D eigenvalue weighted by Crippen LogP contribution is 2.21. The van der Waals surface area contributed by atoms with E-state index in [-0.39, 0.29) is 60.5 Å². The molecule has 10 amide bonds. The molecule has 522 valence electrons. The van der Waals surface area contributed by atoms with Crippen LogP contribution in [0.25, 0.3) is 10.9 Å². The molecule has 18 N–H and O–H groups in total. The number of nitro benzene ring substituents is 1. The molecule has 1 heterocycles. The van der Waals surface area contributed by atoms with Crippen molar-refractivity contribution < 1.29 is 94.9 Å². The summed E-state index contributed by atoms with van der Waals surface area (Å²) in [6.07, 6.45) is -1.42. The van der Waals surface area contributed by atoms with Gasteiger partial charge in [-0.15, -0.1) is 0 Å². The van der Waals surface area contributed by atoms with E-state index in [9.17, 15) is 91.1 Å². The number of carboxylic acid groups (broad SMARTS) is 1. The van der Waals surface area contributed by atoms with Crippen molar-refractivity contribution in [3.63, 3.8) is 0 Å². The number of aromatic amines is 1. The Balaban J connectivity index is 1.47. The second-order valence-corrected chi connectivity index (χ2v) is 23.5. The fourth-order valence-corrected chi connectivity index (χ4v) is 10.0. The Bertz CT molecular complexity index is 3780. The maximum atomic E-state index is 15.1. The minimum absolute atomic E-state index is 0.00725. The van der Waals surface area contributed by atoms with Crippen molar-refractivity contribution in [2.45, 2.75) is 139 Å². The number of hydrogen-bond acceptors (Lipinski definition) is 22. The number of aromatic hydroxyl groups is 2. The Kier molecular flexibility index (Phi) is 29.2. The lowest BCUT2D eigenvalue weighted by Crippen LogP contribution is -2.63. The molecule has 4 aromatic carbocycles. The van der Waals surface area contributed by atoms with E-state index in [2.05, 4.69) is 41.1 Å². The number of carbonyl (C=O) groups excluding carboxylic acids is 11. The van der Waals surface area contributed by atoms with Crippen LogP contribution in [0.3, 0.4) is 0 Å². The molecule has 0 bridgehead atoms. The number of nitro groups is 1. The smallest absolute Gasteiger partial charge is 0.448 e. The standard InChI is InChI=1S/C62H77N13O21S/c1-3-5-10-46(71-56(84)43(64)26-36-17-23-40(77)24-18-36)57(85)68-33-51(78)69-48(28-37-31-66-45-12-8-7-9-41(37)45)59(87)72-47(11-6-4-2)58(86)73-50(30-54(82)96-97(93,94)95)62(90)74(60(88)44(65)27-34-13-19-38(20-14-34)75(91)92)61(89)49(29-53(80)81)70-52(79)32-67-55(83)42(63)25-35-15-21-39(76)22-16-35/h7-9,12-24,31,42-44,46-50,66,76-77H,3-6,10-11,25-30,32-33,63-65H2,1-2H3,(H,67,83)(H,68,85)(H,69,78)(H,70,79)(H,71,84)(H,72,87)(H,73,86)(H,80,81)(H,93,94,95)/t42-,43+,44+,46+,47+,48+,49+,50+/m1/s1. The normalized spacial score (nSPS) is 13.7. The average Bonchev–Trinajstić information content (AvgIpc) is 1.77. The van der Waals surface area contributed by atoms with Crippen LogP contribution in [-0.4, -0.2) is 176 Å². The molecule has 97 heavy (non-hydrogen) atoms. The van der Waals surface area contributed by atoms with Gasteiger partial charge >= 0.3 is 22.3 Å². The van der Waals surface area contributed by atoms with Crippen molar-refractivity contribution >= 4 is 98.0 Å². The number of aromatic nitrogens is 1. The number of benzene rings is 4. The first-order valence-electron chi connectivity index (χ1n) is 30.4. The summed E-state index contributed by atoms with van der Waals surface area (Å²) in [5.41, 5.74) is 20.2. The fourth-order valence-electron chi connectivity index (χ4n) is 9.74. The van der Waals surface area contributed by atoms with Gasteiger partial charge in [0.05, 0.1) is 49.0 Å². The van der Waals surface area contributed by atoms with Crippen LogP contribution in [0.2, 0.25) is 0 Å². The van der Waals surface area contributed by atoms with Crippen LogP contribution >= 0.6 is 0 Å². The van der Waals surface area contributed by atoms with Gasteiger partial charge in [-0.1, -0.05) is 94.1 Å². The summed E-state index contributed by atoms with van der Waals surface area (Å²) in [4.78, 5) is 180. The quantitative estimate of drug-likeness (QED) is 0.0127. The van der Waals surface area contributed by atoms with Crippen molar-refractivity contribution in [1.82, 2.24) is 47.1 Å². The zero-order chi connectivity index (χ0) is 71.7. The Morgan fingerprint density at radius 3 is 1.52 bits per heavy atom. The van der Waals surface area contributed by atoms with Crippen molar-refractivity contribution in [2.24, 2.45) is 17.2 Å². The number of para-hydroxylation sites is 1. The van der Waals surface area contributed by atoms with E-state index < -0.39 is 173 Å². The lowest BCUT2D eigenvalue weighted by Gasteiger charge is -2.30. The molecule has 0 aliphatic carbocycles. The van der Waals surface area contributed by atoms with Gasteiger partial charge in [-0.2, -0.15) is 8.42 Å². The van der Waals surface area contributed by atoms with Gasteiger partial charge in [0, 0.05) is 35.7 Å². The summed E-state index contributed by atoms with van der Waals surface area (Å²) in [6.45, 7) is 1.69. The lowest BCUT2D eigenvalue weighted by atomic mass is 10.0. The number of phenols is 2. The molecule has 0 unspecified atom stereocenters. The molecule has 0 saturated heterocycles. The molecule has 34 nitrogen and oxygen atoms in total. The predicted octanol–water partition coefficient (Wildman–Crippen LogP) is -1.13. The van der Waals surface area contributed by atoms with E-state index in [1.807, 2.05) is 12.2 Å². The molecule has 5 rings (SSSR count). The summed E-state index contributed by atoms with van der Waals surface area (Å²) < 4.78 is 37.2. The summed E-state index contributed by atoms with van der Waals surface area (Å²) in [7, 11) is -5.73. The third kappa shape index (κ3) is 24.8. The minimum Gasteiger partial charge on any atom is -0.508 e. The van der Waals surface area contributed by atoms with Gasteiger partial charge in [-0.3, -0.25) is 72.2 Å². The minimum atomic E-state index is -5.73. The van der Waals surface area contributed by atoms with Gasteiger partial charge in [0.1, 0.15) is 41.7 Å². The highest BCUT2D eigenvalue weighted by atomic mass is 32.3. The number of nitrogens with two attached hydrogens (primary N) is 3. The number of aliphatic carboxylic acids is 1. The second-order valence-electron chi connectivity index (χ2n) is 22.4. The van der Waals surface area contributed by atoms with E-state index in [0.717, 1.165) is 24.3 Å². The number of phenolic OH excluding ortho intramolecular Hbond substituents is 2. The van der Waals surface area contributed by atoms with Crippen molar-refractivity contribution in [3.8, 4) is 11.5 Å². The predicted molar refractivity (Wildman–Crippen MR) is 342 cm³/mol. The van der Waals surface area contributed by atoms with Crippen molar-refractivity contribution in [1.29, 1.82) is 0 Å². The first-order valence-corrected chi connectivity index (χ1v) is 31.7. The van der Waals surface area contributed by atoms with Crippen LogP contribution in [0, 0.1) is 10.1 Å². The number of H-pyrrole nitrogens is 1. The number of carboxylic acids is 1. The third-order valence-electron chi connectivity index (χ3n) is 14.8. The number of unbranched alkanes of at least 4 members (excludes halogenated alkanes) is 2. The highest BCUT2D eigenvalue weighted by molar-refractivity contribution is 7.81. The Morgan fingerprint density at radius 1 is 0.557 bits per heavy atom. The largest absolute Gasteiger partial charge is 0.508 e. The van der Waals surface area contributed by atoms with Crippen LogP contribution in [0.4, 0.5) is 5.69 Å². The molecule has 1 aromatic heterocycles. The fraction of sp³-hybridized carbons (Fsp3) is 0.387. The van der Waals surface area contributed by atoms with Gasteiger partial charge in [0.15, 0.2) is 0 Å². The first-order chi connectivity index (χ1) is 45.9. The van der Waals surface area contributed by atoms with Crippen molar-refractivity contribution in [2.75, 3.05) is 13.1 Å². The van der Waals surface area contributed by atoms with Gasteiger partial charge in [-0.05, 0) is 84.7 Å². The molecule has 0 saturated carbocycles. The Labute approximate surface area is 554 Å². The van der Waals surface area contributed by atoms with E-state index in [0.29, 0.717) is 46.9 Å². The maximum Gasteiger partial charge on any atom is 0.448 e. The monoisotopic (exact) mass is 1370 g/mol. The molecule has 5 aromatic rings. The summed E-state index contributed by atoms with van der Waals surface area (Å²) in [6, 6.07) is 8.29. The van der Waals surface area contributed by atoms with Gasteiger partial charge in [0.2, 0.25) is 41.4 Å². The zero-order valence-electron chi connectivity index (χ0n) is 52.6. The van der Waals surface area contributed by atoms with Gasteiger partial charge in [-0.25, -0.2) is 4.90 Å². The molecule has 0 fully saturated rings. The molecule has 0 aliphatic rings. The van der Waals surface area contributed by atoms with Crippen LogP contribution in [0.1, 0.15) is 87.5 Å². The van der Waals surface area contributed by atoms with E-state index in [1.54, 1.807) is 43.3 Å². The van der Waals surface area contributed by atoms with Crippen LogP contribution in [-0.2, 0) is 97.8 Å². The van der Waals surface area contributed by atoms with Gasteiger partial charge < -0.3 is 78.9 Å². The molecule has 35 heteroatoms. The molecule has 0 aliphatic heterocycles. The maximum absolute atomic E-state index is 15.1. The third-order valence-corrected chi connectivity index (χ3v) is 15.2. The van der Waals surface area contributed by atoms with Crippen molar-refractivity contribution in [3.05, 3.63) is 136 Å². The van der Waals surface area contributed by atoms with E-state index in [1.165, 1.54) is 42.6 Å². The first kappa shape index (κ1) is 77.0. The number of carbonyl (C=O) groups is 12. The molecule has 8 atom stereocenters. The highest BCUT2D eigenvalue weighted by Gasteiger charge is 2.43. The number of nitrogens with one attached hydrogen (secondary N) is 8. The van der Waals surface area contributed by atoms with Crippen LogP contribution in [0.5, 0.6) is 11.5 Å². The number of fused-ring (bicyclic) bond motifs is 1. The number of rotatable bonds is 37. The Morgan fingerprint density at radius 2 is 1.00 bits per heavy atom. The van der Waals surface area contributed by atoms with Crippen LogP contribution in [0.15, 0.2) is 103 Å². The molecule has 0 spiro atoms. The lowest BCUT2D eigenvalue weighted by molar-refractivity contribution is -0.384. The molecular weight excluding hydrogens is 1290 g/mol. The number of imide groups is 3. The zero-order valence-corrected chi connectivity index (χ0v) is 53.4. The number of nitrogens with zero attached hydrogens (tertiary/aromatic N) is 2. The van der Waals surface area contributed by atoms with E-state index >= 15 is 4.79 Å². The summed E-state index contributed by atoms with van der Waals surface area (Å²) >= 11 is 0. The SMILES string of the molecule is CCCC[C@H](NC(=O)[C@H](Cc1c[nH]c2ccccc12)NC(=O)CNC(=O)[C@H](CCCC)NC(=O)[C@@H](N)Cc1ccc(O)cc1)C(=O)N[C@@H](CC(=O)OS(=O)(=O)O)C(=O)N(C(=O)[C@H](CC(=O)O)NC(=O)CNC(=O)[C@H](N)Cc1ccc(O)cc1)C(=O)[C@@H](N)Cc1ccc([N+](=O)[O-])cc1. The van der Waals surface area contributed by atoms with Crippen LogP contribution < -0.4 is 54.4 Å². The molecule has 0 radical (unpaired) electrons. The topological polar surface area (TPSA) is 554 Å². The molecular formula is C62H77N13O21S. The average molecular weight is 1370 g/mol. The second kappa shape index (κ2) is 36.8. The number of hydrogen-bond donors (Lipinski definition) is 15. The summed E-state index contributed by atoms with van der Waals surface area (Å²) in [5, 5.41) is 57.6. The van der Waals surface area contributed by atoms with E-state index in [4.69, 9.17) is 17.2 Å². The summed E-state index contributed by atoms with van der Waals surface area (Å²) in [5.74, 6) is -17.0. The number of amides is 10. The number of non-ortho nitro benzene ring substituents is 1. The Hall–Kier alpha value is -10.8. The van der Waals surface area contributed by atoms with Gasteiger partial charge in [0.25, 0.3) is 23.4 Å².